The van der Waals surface area contributed by atoms with Crippen LogP contribution >= 0.6 is 12.2 Å². The molecule has 1 aliphatic heterocycles. The van der Waals surface area contributed by atoms with Gasteiger partial charge in [0, 0.05) is 48.0 Å². The van der Waals surface area contributed by atoms with Crippen molar-refractivity contribution >= 4 is 40.3 Å². The molecular weight excluding hydrogens is 500 g/mol. The van der Waals surface area contributed by atoms with Crippen molar-refractivity contribution in [2.75, 3.05) is 10.2 Å². The van der Waals surface area contributed by atoms with Gasteiger partial charge in [-0.05, 0) is 73.2 Å². The second-order valence-corrected chi connectivity index (χ2v) is 9.36. The van der Waals surface area contributed by atoms with Crippen LogP contribution in [0.5, 0.6) is 0 Å². The van der Waals surface area contributed by atoms with Crippen molar-refractivity contribution in [3.05, 3.63) is 112 Å². The Morgan fingerprint density at radius 2 is 1.95 bits per heavy atom. The highest BCUT2D eigenvalue weighted by atomic mass is 32.1. The third kappa shape index (κ3) is 4.73. The number of rotatable bonds is 7. The number of pyridine rings is 1. The Balaban J connectivity index is 1.62. The van der Waals surface area contributed by atoms with Crippen molar-refractivity contribution in [2.24, 2.45) is 0 Å². The van der Waals surface area contributed by atoms with E-state index in [1.165, 1.54) is 6.07 Å². The Bertz CT molecular complexity index is 1520. The number of carbonyl (C=O) groups excluding carboxylic acids is 1. The molecule has 3 heterocycles. The predicted molar refractivity (Wildman–Crippen MR) is 150 cm³/mol. The van der Waals surface area contributed by atoms with Crippen molar-refractivity contribution in [3.63, 3.8) is 0 Å². The molecule has 0 spiro atoms. The molecule has 0 radical (unpaired) electrons. The molecule has 1 aliphatic rings. The van der Waals surface area contributed by atoms with Crippen LogP contribution < -0.4 is 15.5 Å². The molecule has 1 fully saturated rings. The van der Waals surface area contributed by atoms with Crippen LogP contribution in [0, 0.1) is 17.0 Å². The standard InChI is InChI=1S/C28H26N6O3S/c1-3-25(35)30-22-13-12-20(16-18(22)2)33-27(26(31-28(33)38)23-10-4-5-14-29-23)24-11-7-15-32(24)19-8-6-9-21(17-19)34(36)37/h4-17,26-27H,3H2,1-2H3,(H,30,35)(H,31,38). The van der Waals surface area contributed by atoms with Crippen LogP contribution in [-0.2, 0) is 4.79 Å². The van der Waals surface area contributed by atoms with Crippen molar-refractivity contribution in [1.82, 2.24) is 14.9 Å². The van der Waals surface area contributed by atoms with Gasteiger partial charge in [0.1, 0.15) is 6.04 Å². The van der Waals surface area contributed by atoms with Crippen molar-refractivity contribution in [3.8, 4) is 5.69 Å². The monoisotopic (exact) mass is 526 g/mol. The maximum Gasteiger partial charge on any atom is 0.271 e. The summed E-state index contributed by atoms with van der Waals surface area (Å²) in [6, 6.07) is 21.4. The van der Waals surface area contributed by atoms with Gasteiger partial charge < -0.3 is 20.1 Å². The molecule has 2 unspecified atom stereocenters. The number of aryl methyl sites for hydroxylation is 1. The largest absolute Gasteiger partial charge is 0.351 e. The highest BCUT2D eigenvalue weighted by Gasteiger charge is 2.42. The lowest BCUT2D eigenvalue weighted by molar-refractivity contribution is -0.384. The molecule has 0 aliphatic carbocycles. The number of hydrogen-bond donors (Lipinski definition) is 2. The summed E-state index contributed by atoms with van der Waals surface area (Å²) in [4.78, 5) is 29.7. The summed E-state index contributed by atoms with van der Waals surface area (Å²) >= 11 is 5.85. The molecule has 9 nitrogen and oxygen atoms in total. The number of amides is 1. The molecule has 2 aromatic heterocycles. The number of benzene rings is 2. The molecule has 2 aromatic carbocycles. The van der Waals surface area contributed by atoms with E-state index in [4.69, 9.17) is 12.2 Å². The lowest BCUT2D eigenvalue weighted by atomic mass is 10.00. The minimum atomic E-state index is -0.399. The van der Waals surface area contributed by atoms with Crippen molar-refractivity contribution in [1.29, 1.82) is 0 Å². The molecule has 1 amide bonds. The molecule has 192 valence electrons. The van der Waals surface area contributed by atoms with Crippen LogP contribution in [0.1, 0.15) is 42.4 Å². The Labute approximate surface area is 225 Å². The second kappa shape index (κ2) is 10.4. The molecule has 4 aromatic rings. The zero-order valence-corrected chi connectivity index (χ0v) is 21.7. The first-order chi connectivity index (χ1) is 18.4. The summed E-state index contributed by atoms with van der Waals surface area (Å²) in [5, 5.41) is 18.4. The maximum absolute atomic E-state index is 12.0. The number of thiocarbonyl (C=S) groups is 1. The average Bonchev–Trinajstić information content (AvgIpc) is 3.54. The smallest absolute Gasteiger partial charge is 0.271 e. The first-order valence-electron chi connectivity index (χ1n) is 12.2. The predicted octanol–water partition coefficient (Wildman–Crippen LogP) is 5.61. The van der Waals surface area contributed by atoms with Gasteiger partial charge in [-0.3, -0.25) is 19.9 Å². The van der Waals surface area contributed by atoms with E-state index in [1.54, 1.807) is 18.3 Å². The van der Waals surface area contributed by atoms with Crippen molar-refractivity contribution in [2.45, 2.75) is 32.4 Å². The fourth-order valence-corrected chi connectivity index (χ4v) is 5.08. The van der Waals surface area contributed by atoms with Crippen LogP contribution in [0.3, 0.4) is 0 Å². The molecule has 38 heavy (non-hydrogen) atoms. The van der Waals surface area contributed by atoms with Gasteiger partial charge in [0.2, 0.25) is 5.91 Å². The van der Waals surface area contributed by atoms with Gasteiger partial charge in [0.05, 0.1) is 22.3 Å². The van der Waals surface area contributed by atoms with Crippen LogP contribution in [-0.4, -0.2) is 25.5 Å². The third-order valence-corrected chi connectivity index (χ3v) is 6.90. The molecule has 0 bridgehead atoms. The van der Waals surface area contributed by atoms with E-state index < -0.39 is 4.92 Å². The van der Waals surface area contributed by atoms with Crippen molar-refractivity contribution < 1.29 is 9.72 Å². The Morgan fingerprint density at radius 1 is 1.11 bits per heavy atom. The van der Waals surface area contributed by atoms with Crippen LogP contribution in [0.25, 0.3) is 5.69 Å². The molecule has 1 saturated heterocycles. The molecule has 0 saturated carbocycles. The molecule has 2 atom stereocenters. The lowest BCUT2D eigenvalue weighted by Crippen LogP contribution is -2.30. The lowest BCUT2D eigenvalue weighted by Gasteiger charge is -2.29. The Kier molecular flexibility index (Phi) is 6.89. The topological polar surface area (TPSA) is 105 Å². The molecular formula is C28H26N6O3S. The zero-order chi connectivity index (χ0) is 26.8. The number of carbonyl (C=O) groups is 1. The van der Waals surface area contributed by atoms with E-state index >= 15 is 0 Å². The van der Waals surface area contributed by atoms with E-state index in [-0.39, 0.29) is 23.7 Å². The Morgan fingerprint density at radius 3 is 2.66 bits per heavy atom. The van der Waals surface area contributed by atoms with E-state index in [9.17, 15) is 14.9 Å². The summed E-state index contributed by atoms with van der Waals surface area (Å²) in [6.07, 6.45) is 4.02. The maximum atomic E-state index is 12.0. The van der Waals surface area contributed by atoms with E-state index in [0.717, 1.165) is 28.3 Å². The normalized spacial score (nSPS) is 16.8. The summed E-state index contributed by atoms with van der Waals surface area (Å²) < 4.78 is 1.94. The van der Waals surface area contributed by atoms with Crippen LogP contribution in [0.15, 0.2) is 85.2 Å². The van der Waals surface area contributed by atoms with Gasteiger partial charge in [0.25, 0.3) is 5.69 Å². The summed E-state index contributed by atoms with van der Waals surface area (Å²) in [7, 11) is 0. The van der Waals surface area contributed by atoms with Gasteiger partial charge in [-0.2, -0.15) is 0 Å². The highest BCUT2D eigenvalue weighted by Crippen LogP contribution is 2.43. The van der Waals surface area contributed by atoms with E-state index in [2.05, 4.69) is 15.6 Å². The van der Waals surface area contributed by atoms with Gasteiger partial charge in [-0.25, -0.2) is 0 Å². The third-order valence-electron chi connectivity index (χ3n) is 6.58. The number of aromatic nitrogens is 2. The van der Waals surface area contributed by atoms with Gasteiger partial charge in [0.15, 0.2) is 5.11 Å². The van der Waals surface area contributed by atoms with E-state index in [0.29, 0.717) is 17.2 Å². The fourth-order valence-electron chi connectivity index (χ4n) is 4.74. The number of nitro groups is 1. The molecule has 2 N–H and O–H groups in total. The average molecular weight is 527 g/mol. The first kappa shape index (κ1) is 25.1. The highest BCUT2D eigenvalue weighted by molar-refractivity contribution is 7.80. The minimum Gasteiger partial charge on any atom is -0.351 e. The first-order valence-corrected chi connectivity index (χ1v) is 12.6. The van der Waals surface area contributed by atoms with Gasteiger partial charge in [-0.15, -0.1) is 0 Å². The number of nitro benzene ring substituents is 1. The number of nitrogens with zero attached hydrogens (tertiary/aromatic N) is 4. The molecule has 10 heteroatoms. The Hall–Kier alpha value is -4.57. The summed E-state index contributed by atoms with van der Waals surface area (Å²) in [5.41, 5.74) is 4.89. The SMILES string of the molecule is CCC(=O)Nc1ccc(N2C(=S)NC(c3ccccn3)C2c2cccn2-c2cccc([N+](=O)[O-])c2)cc1C. The number of non-ortho nitro benzene ring substituents is 1. The number of hydrogen-bond acceptors (Lipinski definition) is 5. The number of nitrogens with one attached hydrogen (secondary N) is 2. The van der Waals surface area contributed by atoms with E-state index in [1.807, 2.05) is 84.1 Å². The van der Waals surface area contributed by atoms with Gasteiger partial charge in [-0.1, -0.05) is 19.1 Å². The summed E-state index contributed by atoms with van der Waals surface area (Å²) in [6.45, 7) is 3.75. The fraction of sp³-hybridized carbons (Fsp3) is 0.179. The zero-order valence-electron chi connectivity index (χ0n) is 20.9. The quantitative estimate of drug-likeness (QED) is 0.183. The number of anilines is 2. The minimum absolute atomic E-state index is 0.0145. The molecule has 5 rings (SSSR count). The second-order valence-electron chi connectivity index (χ2n) is 8.98. The van der Waals surface area contributed by atoms with Crippen LogP contribution in [0.2, 0.25) is 0 Å². The van der Waals surface area contributed by atoms with Gasteiger partial charge >= 0.3 is 0 Å². The van der Waals surface area contributed by atoms with Crippen LogP contribution in [0.4, 0.5) is 17.1 Å². The summed E-state index contributed by atoms with van der Waals surface area (Å²) in [5.74, 6) is -0.0536.